The van der Waals surface area contributed by atoms with Gasteiger partial charge in [0.05, 0.1) is 40.4 Å². The van der Waals surface area contributed by atoms with Gasteiger partial charge in [-0.3, -0.25) is 19.6 Å². The van der Waals surface area contributed by atoms with E-state index in [1.165, 1.54) is 7.11 Å². The molecule has 218 valence electrons. The summed E-state index contributed by atoms with van der Waals surface area (Å²) in [6.45, 7) is 5.54. The van der Waals surface area contributed by atoms with E-state index >= 15 is 0 Å². The summed E-state index contributed by atoms with van der Waals surface area (Å²) in [4.78, 5) is 46.2. The summed E-state index contributed by atoms with van der Waals surface area (Å²) in [7, 11) is 3.15. The van der Waals surface area contributed by atoms with Gasteiger partial charge in [0, 0.05) is 32.2 Å². The Bertz CT molecular complexity index is 1810. The summed E-state index contributed by atoms with van der Waals surface area (Å²) in [5.74, 6) is -0.220. The first-order valence-corrected chi connectivity index (χ1v) is 13.7. The number of hydrogen-bond donors (Lipinski definition) is 3. The Balaban J connectivity index is 1.38. The first kappa shape index (κ1) is 28.3. The van der Waals surface area contributed by atoms with Crippen LogP contribution in [0.3, 0.4) is 0 Å². The second kappa shape index (κ2) is 11.7. The number of nitrogens with one attached hydrogen (secondary N) is 2. The van der Waals surface area contributed by atoms with Gasteiger partial charge in [-0.05, 0) is 69.2 Å². The maximum Gasteiger partial charge on any atom is 0.337 e. The number of rotatable bonds is 11. The maximum atomic E-state index is 13.2. The minimum Gasteiger partial charge on any atom is -0.465 e. The van der Waals surface area contributed by atoms with Crippen LogP contribution in [0.4, 0.5) is 11.9 Å². The number of esters is 1. The molecule has 0 fully saturated rings. The Hall–Kier alpha value is -5.20. The number of fused-ring (bicyclic) bond motifs is 2. The quantitative estimate of drug-likeness (QED) is 0.160. The number of nitrogens with zero attached hydrogens (tertiary/aromatic N) is 6. The van der Waals surface area contributed by atoms with Gasteiger partial charge in [-0.15, -0.1) is 0 Å². The Morgan fingerprint density at radius 1 is 0.905 bits per heavy atom. The largest absolute Gasteiger partial charge is 0.465 e. The minimum atomic E-state index is -0.550. The number of primary amides is 1. The smallest absolute Gasteiger partial charge is 0.337 e. The van der Waals surface area contributed by atoms with Crippen molar-refractivity contribution in [3.63, 3.8) is 0 Å². The number of aromatic nitrogens is 6. The van der Waals surface area contributed by atoms with Gasteiger partial charge in [-0.1, -0.05) is 0 Å². The molecule has 0 unspecified atom stereocenters. The number of nitrogens with two attached hydrogens (primary N) is 1. The number of aryl methyl sites for hydroxylation is 4. The molecule has 0 aliphatic heterocycles. The summed E-state index contributed by atoms with van der Waals surface area (Å²) < 4.78 is 10.5. The first-order chi connectivity index (χ1) is 20.2. The average molecular weight is 572 g/mol. The molecule has 2 aromatic carbocycles. The molecule has 0 saturated carbocycles. The van der Waals surface area contributed by atoms with Crippen LogP contribution < -0.4 is 16.4 Å². The summed E-state index contributed by atoms with van der Waals surface area (Å²) in [6.07, 6.45) is 1.54. The van der Waals surface area contributed by atoms with Gasteiger partial charge in [0.15, 0.2) is 0 Å². The first-order valence-electron chi connectivity index (χ1n) is 13.7. The number of carbonyl (C=O) groups is 3. The molecule has 5 rings (SSSR count). The number of methoxy groups -OCH3 is 1. The standard InChI is InChI=1S/C29H33N9O4/c1-5-38-24(14-17(2)35-38)26(40)34-29-33-20-15-18(25(30)39)8-10-23(20)37(29)13-7-6-12-36-22-11-9-19(27(41)42-4)16-21(22)32-28(36)31-3/h8-11,14-16H,5-7,12-13H2,1-4H3,(H2,30,39)(H,31,32)(H,33,34,40). The molecule has 42 heavy (non-hydrogen) atoms. The minimum absolute atomic E-state index is 0.320. The normalized spacial score (nSPS) is 11.2. The van der Waals surface area contributed by atoms with E-state index in [1.807, 2.05) is 24.5 Å². The number of amides is 2. The molecule has 3 heterocycles. The van der Waals surface area contributed by atoms with Crippen LogP contribution in [-0.2, 0) is 24.4 Å². The van der Waals surface area contributed by atoms with E-state index in [2.05, 4.69) is 30.3 Å². The van der Waals surface area contributed by atoms with Crippen LogP contribution in [0.25, 0.3) is 22.1 Å². The molecule has 0 radical (unpaired) electrons. The van der Waals surface area contributed by atoms with Gasteiger partial charge in [0.2, 0.25) is 17.8 Å². The summed E-state index contributed by atoms with van der Waals surface area (Å²) in [5.41, 5.74) is 10.4. The molecular weight excluding hydrogens is 538 g/mol. The van der Waals surface area contributed by atoms with Crippen LogP contribution in [0.15, 0.2) is 42.5 Å². The van der Waals surface area contributed by atoms with Crippen molar-refractivity contribution in [1.82, 2.24) is 28.9 Å². The zero-order valence-electron chi connectivity index (χ0n) is 24.0. The molecule has 0 bridgehead atoms. The van der Waals surface area contributed by atoms with Gasteiger partial charge in [0.25, 0.3) is 5.91 Å². The highest BCUT2D eigenvalue weighted by Crippen LogP contribution is 2.25. The molecular formula is C29H33N9O4. The number of anilines is 2. The summed E-state index contributed by atoms with van der Waals surface area (Å²) in [5, 5.41) is 10.4. The Kier molecular flexibility index (Phi) is 7.91. The van der Waals surface area contributed by atoms with Crippen molar-refractivity contribution >= 4 is 51.7 Å². The molecule has 0 aliphatic rings. The molecule has 0 saturated heterocycles. The molecule has 4 N–H and O–H groups in total. The third-order valence-electron chi connectivity index (χ3n) is 7.10. The zero-order chi connectivity index (χ0) is 30.0. The van der Waals surface area contributed by atoms with E-state index in [0.29, 0.717) is 59.4 Å². The van der Waals surface area contributed by atoms with Crippen molar-refractivity contribution in [2.75, 3.05) is 24.8 Å². The lowest BCUT2D eigenvalue weighted by atomic mass is 10.2. The van der Waals surface area contributed by atoms with Crippen molar-refractivity contribution in [3.05, 3.63) is 65.0 Å². The molecule has 0 atom stereocenters. The third-order valence-corrected chi connectivity index (χ3v) is 7.10. The third kappa shape index (κ3) is 5.40. The van der Waals surface area contributed by atoms with Crippen molar-refractivity contribution in [2.24, 2.45) is 5.73 Å². The Morgan fingerprint density at radius 2 is 1.50 bits per heavy atom. The van der Waals surface area contributed by atoms with Crippen LogP contribution in [0.1, 0.15) is 56.7 Å². The lowest BCUT2D eigenvalue weighted by molar-refractivity contribution is 0.0600. The van der Waals surface area contributed by atoms with Crippen molar-refractivity contribution < 1.29 is 19.1 Å². The summed E-state index contributed by atoms with van der Waals surface area (Å²) >= 11 is 0. The van der Waals surface area contributed by atoms with Gasteiger partial charge in [0.1, 0.15) is 5.69 Å². The van der Waals surface area contributed by atoms with Crippen LogP contribution in [0.2, 0.25) is 0 Å². The Labute approximate surface area is 241 Å². The van der Waals surface area contributed by atoms with E-state index in [-0.39, 0.29) is 5.91 Å². The zero-order valence-corrected chi connectivity index (χ0v) is 24.0. The fourth-order valence-electron chi connectivity index (χ4n) is 5.07. The van der Waals surface area contributed by atoms with Gasteiger partial charge < -0.3 is 24.9 Å². The fourth-order valence-corrected chi connectivity index (χ4v) is 5.07. The highest BCUT2D eigenvalue weighted by molar-refractivity contribution is 6.03. The fraction of sp³-hybridized carbons (Fsp3) is 0.310. The SMILES string of the molecule is CCn1nc(C)cc1C(=O)Nc1nc2cc(C(N)=O)ccc2n1CCCCn1c(NC)nc2cc(C(=O)OC)ccc21. The predicted octanol–water partition coefficient (Wildman–Crippen LogP) is 3.57. The number of benzene rings is 2. The number of imidazole rings is 2. The average Bonchev–Trinajstić information content (AvgIpc) is 3.66. The molecule has 0 spiro atoms. The lowest BCUT2D eigenvalue weighted by Gasteiger charge is -2.12. The van der Waals surface area contributed by atoms with Crippen molar-refractivity contribution in [1.29, 1.82) is 0 Å². The van der Waals surface area contributed by atoms with E-state index in [1.54, 1.807) is 48.1 Å². The number of ether oxygens (including phenoxy) is 1. The molecule has 3 aromatic heterocycles. The van der Waals surface area contributed by atoms with Crippen molar-refractivity contribution in [3.8, 4) is 0 Å². The van der Waals surface area contributed by atoms with Crippen molar-refractivity contribution in [2.45, 2.75) is 46.3 Å². The maximum absolute atomic E-state index is 13.2. The van der Waals surface area contributed by atoms with Gasteiger partial charge >= 0.3 is 5.97 Å². The monoisotopic (exact) mass is 571 g/mol. The highest BCUT2D eigenvalue weighted by atomic mass is 16.5. The van der Waals surface area contributed by atoms with Crippen LogP contribution >= 0.6 is 0 Å². The molecule has 2 amide bonds. The molecule has 5 aromatic rings. The number of hydrogen-bond acceptors (Lipinski definition) is 8. The Morgan fingerprint density at radius 3 is 2.10 bits per heavy atom. The number of unbranched alkanes of at least 4 members (excludes halogenated alkanes) is 1. The van der Waals surface area contributed by atoms with Gasteiger partial charge in [-0.2, -0.15) is 5.10 Å². The topological polar surface area (TPSA) is 164 Å². The molecule has 13 heteroatoms. The van der Waals surface area contributed by atoms with Gasteiger partial charge in [-0.25, -0.2) is 14.8 Å². The van der Waals surface area contributed by atoms with E-state index in [4.69, 9.17) is 10.5 Å². The highest BCUT2D eigenvalue weighted by Gasteiger charge is 2.19. The van der Waals surface area contributed by atoms with E-state index in [9.17, 15) is 14.4 Å². The molecule has 0 aliphatic carbocycles. The second-order valence-corrected chi connectivity index (χ2v) is 9.83. The van der Waals surface area contributed by atoms with E-state index in [0.717, 1.165) is 29.6 Å². The molecule has 13 nitrogen and oxygen atoms in total. The predicted molar refractivity (Wildman–Crippen MR) is 159 cm³/mol. The van der Waals surface area contributed by atoms with Crippen LogP contribution in [0.5, 0.6) is 0 Å². The lowest BCUT2D eigenvalue weighted by Crippen LogP contribution is -2.20. The van der Waals surface area contributed by atoms with Crippen LogP contribution in [-0.4, -0.2) is 60.8 Å². The van der Waals surface area contributed by atoms with Crippen LogP contribution in [0, 0.1) is 6.92 Å². The van der Waals surface area contributed by atoms with E-state index < -0.39 is 11.9 Å². The summed E-state index contributed by atoms with van der Waals surface area (Å²) in [6, 6.07) is 12.1. The number of carbonyl (C=O) groups excluding carboxylic acids is 3. The second-order valence-electron chi connectivity index (χ2n) is 9.83.